The molecule has 1 fully saturated rings. The van der Waals surface area contributed by atoms with Crippen LogP contribution in [0.5, 0.6) is 0 Å². The third kappa shape index (κ3) is 5.38. The summed E-state index contributed by atoms with van der Waals surface area (Å²) in [5, 5.41) is 12.2. The molecular weight excluding hydrogens is 226 g/mol. The van der Waals surface area contributed by atoms with Crippen LogP contribution in [-0.2, 0) is 4.79 Å². The maximum atomic E-state index is 11.9. The summed E-state index contributed by atoms with van der Waals surface area (Å²) >= 11 is 0. The van der Waals surface area contributed by atoms with E-state index in [1.165, 1.54) is 12.8 Å². The van der Waals surface area contributed by atoms with E-state index in [2.05, 4.69) is 26.1 Å². The van der Waals surface area contributed by atoms with Gasteiger partial charge in [0.05, 0.1) is 0 Å². The summed E-state index contributed by atoms with van der Waals surface area (Å²) < 4.78 is 0. The number of carbonyl (C=O) groups is 1. The predicted octanol–water partition coefficient (Wildman–Crippen LogP) is 2.73. The van der Waals surface area contributed by atoms with Gasteiger partial charge in [0.25, 0.3) is 0 Å². The molecule has 1 aliphatic carbocycles. The molecule has 0 aromatic carbocycles. The van der Waals surface area contributed by atoms with Crippen molar-refractivity contribution in [1.82, 2.24) is 5.32 Å². The second-order valence-electron chi connectivity index (χ2n) is 6.67. The summed E-state index contributed by atoms with van der Waals surface area (Å²) in [6.07, 6.45) is 6.38. The summed E-state index contributed by atoms with van der Waals surface area (Å²) in [6, 6.07) is 0. The second-order valence-corrected chi connectivity index (χ2v) is 6.67. The first-order chi connectivity index (χ1) is 8.44. The standard InChI is InChI=1S/C15H29NO2/c1-12-5-7-13(8-6-12)14(18)16-10-4-9-15(2,3)11-17/h12-13,17H,4-11H2,1-3H3,(H,16,18). The van der Waals surface area contributed by atoms with E-state index in [0.717, 1.165) is 38.1 Å². The quantitative estimate of drug-likeness (QED) is 0.717. The molecule has 106 valence electrons. The molecule has 3 heteroatoms. The Morgan fingerprint density at radius 3 is 2.44 bits per heavy atom. The van der Waals surface area contributed by atoms with E-state index in [1.807, 2.05) is 0 Å². The first kappa shape index (κ1) is 15.5. The first-order valence-electron chi connectivity index (χ1n) is 7.33. The summed E-state index contributed by atoms with van der Waals surface area (Å²) in [5.74, 6) is 1.27. The predicted molar refractivity (Wildman–Crippen MR) is 74.2 cm³/mol. The molecule has 1 amide bonds. The zero-order chi connectivity index (χ0) is 13.6. The van der Waals surface area contributed by atoms with Crippen LogP contribution in [-0.4, -0.2) is 24.2 Å². The van der Waals surface area contributed by atoms with Crippen molar-refractivity contribution in [2.75, 3.05) is 13.2 Å². The van der Waals surface area contributed by atoms with Gasteiger partial charge in [-0.3, -0.25) is 4.79 Å². The summed E-state index contributed by atoms with van der Waals surface area (Å²) in [7, 11) is 0. The molecule has 1 saturated carbocycles. The van der Waals surface area contributed by atoms with Gasteiger partial charge in [-0.1, -0.05) is 20.8 Å². The van der Waals surface area contributed by atoms with Crippen LogP contribution in [0, 0.1) is 17.3 Å². The van der Waals surface area contributed by atoms with Crippen LogP contribution < -0.4 is 5.32 Å². The van der Waals surface area contributed by atoms with Crippen molar-refractivity contribution >= 4 is 5.91 Å². The molecule has 1 aliphatic rings. The molecule has 0 saturated heterocycles. The zero-order valence-corrected chi connectivity index (χ0v) is 12.2. The van der Waals surface area contributed by atoms with Gasteiger partial charge in [0.1, 0.15) is 0 Å². The molecule has 2 N–H and O–H groups in total. The van der Waals surface area contributed by atoms with E-state index in [4.69, 9.17) is 5.11 Å². The Morgan fingerprint density at radius 1 is 1.28 bits per heavy atom. The highest BCUT2D eigenvalue weighted by atomic mass is 16.3. The number of hydrogen-bond acceptors (Lipinski definition) is 2. The molecule has 0 atom stereocenters. The minimum absolute atomic E-state index is 0.0228. The number of carbonyl (C=O) groups excluding carboxylic acids is 1. The average Bonchev–Trinajstić information content (AvgIpc) is 2.35. The van der Waals surface area contributed by atoms with Crippen LogP contribution in [0.2, 0.25) is 0 Å². The number of aliphatic hydroxyl groups is 1. The lowest BCUT2D eigenvalue weighted by Crippen LogP contribution is -2.34. The van der Waals surface area contributed by atoms with Crippen molar-refractivity contribution in [3.05, 3.63) is 0 Å². The van der Waals surface area contributed by atoms with E-state index in [0.29, 0.717) is 0 Å². The minimum Gasteiger partial charge on any atom is -0.396 e. The summed E-state index contributed by atoms with van der Waals surface area (Å²) in [5.41, 5.74) is -0.0228. The lowest BCUT2D eigenvalue weighted by Gasteiger charge is -2.25. The Labute approximate surface area is 111 Å². The number of hydrogen-bond donors (Lipinski definition) is 2. The smallest absolute Gasteiger partial charge is 0.223 e. The highest BCUT2D eigenvalue weighted by Gasteiger charge is 2.24. The molecule has 1 rings (SSSR count). The van der Waals surface area contributed by atoms with Crippen molar-refractivity contribution < 1.29 is 9.90 Å². The minimum atomic E-state index is -0.0228. The van der Waals surface area contributed by atoms with Gasteiger partial charge in [-0.25, -0.2) is 0 Å². The largest absolute Gasteiger partial charge is 0.396 e. The van der Waals surface area contributed by atoms with Gasteiger partial charge in [0, 0.05) is 19.1 Å². The maximum Gasteiger partial charge on any atom is 0.223 e. The Bertz CT molecular complexity index is 255. The Morgan fingerprint density at radius 2 is 1.89 bits per heavy atom. The van der Waals surface area contributed by atoms with Gasteiger partial charge in [0.15, 0.2) is 0 Å². The van der Waals surface area contributed by atoms with Crippen LogP contribution in [0.15, 0.2) is 0 Å². The van der Waals surface area contributed by atoms with Crippen LogP contribution in [0.4, 0.5) is 0 Å². The zero-order valence-electron chi connectivity index (χ0n) is 12.2. The molecule has 0 bridgehead atoms. The molecule has 0 aromatic rings. The van der Waals surface area contributed by atoms with Crippen LogP contribution >= 0.6 is 0 Å². The van der Waals surface area contributed by atoms with Crippen LogP contribution in [0.1, 0.15) is 59.3 Å². The fourth-order valence-electron chi connectivity index (χ4n) is 2.52. The van der Waals surface area contributed by atoms with Crippen molar-refractivity contribution in [1.29, 1.82) is 0 Å². The number of amides is 1. The SMILES string of the molecule is CC1CCC(C(=O)NCCCC(C)(C)CO)CC1. The lowest BCUT2D eigenvalue weighted by molar-refractivity contribution is -0.126. The lowest BCUT2D eigenvalue weighted by atomic mass is 9.82. The third-order valence-electron chi connectivity index (χ3n) is 4.14. The molecular formula is C15H29NO2. The van der Waals surface area contributed by atoms with Crippen molar-refractivity contribution in [2.24, 2.45) is 17.3 Å². The van der Waals surface area contributed by atoms with E-state index >= 15 is 0 Å². The first-order valence-corrected chi connectivity index (χ1v) is 7.33. The molecule has 3 nitrogen and oxygen atoms in total. The van der Waals surface area contributed by atoms with Gasteiger partial charge in [-0.15, -0.1) is 0 Å². The fourth-order valence-corrected chi connectivity index (χ4v) is 2.52. The average molecular weight is 255 g/mol. The van der Waals surface area contributed by atoms with Crippen molar-refractivity contribution in [2.45, 2.75) is 59.3 Å². The van der Waals surface area contributed by atoms with E-state index < -0.39 is 0 Å². The Kier molecular flexibility index (Phi) is 6.13. The molecule has 0 spiro atoms. The molecule has 0 unspecified atom stereocenters. The monoisotopic (exact) mass is 255 g/mol. The summed E-state index contributed by atoms with van der Waals surface area (Å²) in [6.45, 7) is 7.33. The maximum absolute atomic E-state index is 11.9. The van der Waals surface area contributed by atoms with Crippen LogP contribution in [0.25, 0.3) is 0 Å². The highest BCUT2D eigenvalue weighted by Crippen LogP contribution is 2.28. The van der Waals surface area contributed by atoms with Gasteiger partial charge >= 0.3 is 0 Å². The molecule has 0 aromatic heterocycles. The third-order valence-corrected chi connectivity index (χ3v) is 4.14. The molecule has 0 heterocycles. The van der Waals surface area contributed by atoms with Crippen molar-refractivity contribution in [3.8, 4) is 0 Å². The topological polar surface area (TPSA) is 49.3 Å². The van der Waals surface area contributed by atoms with Gasteiger partial charge in [-0.2, -0.15) is 0 Å². The summed E-state index contributed by atoms with van der Waals surface area (Å²) in [4.78, 5) is 11.9. The number of rotatable bonds is 6. The number of aliphatic hydroxyl groups excluding tert-OH is 1. The van der Waals surface area contributed by atoms with Gasteiger partial charge in [-0.05, 0) is 49.9 Å². The van der Waals surface area contributed by atoms with Gasteiger partial charge < -0.3 is 10.4 Å². The normalized spacial score (nSPS) is 24.9. The molecule has 18 heavy (non-hydrogen) atoms. The molecule has 0 radical (unpaired) electrons. The van der Waals surface area contributed by atoms with Crippen molar-refractivity contribution in [3.63, 3.8) is 0 Å². The fraction of sp³-hybridized carbons (Fsp3) is 0.933. The van der Waals surface area contributed by atoms with E-state index in [9.17, 15) is 4.79 Å². The van der Waals surface area contributed by atoms with E-state index in [-0.39, 0.29) is 23.8 Å². The van der Waals surface area contributed by atoms with Gasteiger partial charge in [0.2, 0.25) is 5.91 Å². The Hall–Kier alpha value is -0.570. The molecule has 0 aliphatic heterocycles. The highest BCUT2D eigenvalue weighted by molar-refractivity contribution is 5.78. The second kappa shape index (κ2) is 7.13. The number of nitrogens with one attached hydrogen (secondary N) is 1. The Balaban J connectivity index is 2.14. The van der Waals surface area contributed by atoms with E-state index in [1.54, 1.807) is 0 Å². The van der Waals surface area contributed by atoms with Crippen LogP contribution in [0.3, 0.4) is 0 Å².